The lowest BCUT2D eigenvalue weighted by atomic mass is 10.1. The van der Waals surface area contributed by atoms with Crippen LogP contribution in [0.5, 0.6) is 5.75 Å². The molecule has 2 aromatic carbocycles. The van der Waals surface area contributed by atoms with Gasteiger partial charge < -0.3 is 19.8 Å². The molecule has 28 heavy (non-hydrogen) atoms. The Kier molecular flexibility index (Phi) is 6.41. The third-order valence-electron chi connectivity index (χ3n) is 3.83. The smallest absolute Gasteiger partial charge is 0.291 e. The Bertz CT molecular complexity index is 941. The number of carbonyl (C=O) groups is 2. The second kappa shape index (κ2) is 9.36. The van der Waals surface area contributed by atoms with Crippen molar-refractivity contribution in [3.63, 3.8) is 0 Å². The molecule has 6 nitrogen and oxygen atoms in total. The molecular weight excluding hydrogens is 363 g/mol. The van der Waals surface area contributed by atoms with Gasteiger partial charge in [0.2, 0.25) is 0 Å². The van der Waals surface area contributed by atoms with E-state index in [1.807, 2.05) is 0 Å². The minimum Gasteiger partial charge on any atom is -0.484 e. The lowest BCUT2D eigenvalue weighted by molar-refractivity contribution is -0.123. The molecule has 2 amide bonds. The van der Waals surface area contributed by atoms with Crippen LogP contribution in [0.25, 0.3) is 0 Å². The summed E-state index contributed by atoms with van der Waals surface area (Å²) in [5.74, 6) is -0.327. The van der Waals surface area contributed by atoms with Crippen LogP contribution in [0.1, 0.15) is 16.1 Å². The van der Waals surface area contributed by atoms with Gasteiger partial charge in [0.15, 0.2) is 12.4 Å². The monoisotopic (exact) mass is 382 g/mol. The Hall–Kier alpha value is -3.61. The summed E-state index contributed by atoms with van der Waals surface area (Å²) in [5, 5.41) is 5.40. The highest BCUT2D eigenvalue weighted by atomic mass is 19.1. The van der Waals surface area contributed by atoms with Crippen LogP contribution in [0.3, 0.4) is 0 Å². The van der Waals surface area contributed by atoms with Crippen LogP contribution in [0.15, 0.2) is 71.3 Å². The molecule has 0 unspecified atom stereocenters. The standard InChI is InChI=1S/C21H19FN2O4/c22-16-5-1-4-15(12-16)9-10-23-20(25)14-28-18-7-2-6-17(13-18)24-21(26)19-8-3-11-27-19/h1-8,11-13H,9-10,14H2,(H,23,25)(H,24,26). The molecule has 0 saturated heterocycles. The zero-order valence-electron chi connectivity index (χ0n) is 15.0. The summed E-state index contributed by atoms with van der Waals surface area (Å²) >= 11 is 0. The molecule has 0 spiro atoms. The Morgan fingerprint density at radius 3 is 2.68 bits per heavy atom. The third-order valence-corrected chi connectivity index (χ3v) is 3.83. The van der Waals surface area contributed by atoms with Crippen LogP contribution in [-0.4, -0.2) is 25.0 Å². The first-order valence-corrected chi connectivity index (χ1v) is 8.69. The first-order valence-electron chi connectivity index (χ1n) is 8.69. The maximum atomic E-state index is 13.1. The lowest BCUT2D eigenvalue weighted by Gasteiger charge is -2.09. The maximum absolute atomic E-state index is 13.1. The van der Waals surface area contributed by atoms with Gasteiger partial charge in [-0.1, -0.05) is 18.2 Å². The highest BCUT2D eigenvalue weighted by Crippen LogP contribution is 2.18. The second-order valence-electron chi connectivity index (χ2n) is 5.98. The molecule has 144 valence electrons. The van der Waals surface area contributed by atoms with E-state index in [1.54, 1.807) is 48.5 Å². The van der Waals surface area contributed by atoms with Gasteiger partial charge in [0, 0.05) is 18.3 Å². The van der Waals surface area contributed by atoms with Crippen LogP contribution in [0.2, 0.25) is 0 Å². The number of hydrogen-bond donors (Lipinski definition) is 2. The molecule has 3 aromatic rings. The van der Waals surface area contributed by atoms with Crippen LogP contribution in [0, 0.1) is 5.82 Å². The fourth-order valence-electron chi connectivity index (χ4n) is 2.50. The van der Waals surface area contributed by atoms with Crippen molar-refractivity contribution < 1.29 is 23.1 Å². The molecule has 1 heterocycles. The van der Waals surface area contributed by atoms with Crippen molar-refractivity contribution in [1.82, 2.24) is 5.32 Å². The third kappa shape index (κ3) is 5.70. The SMILES string of the molecule is O=C(COc1cccc(NC(=O)c2ccco2)c1)NCCc1cccc(F)c1. The number of rotatable bonds is 8. The topological polar surface area (TPSA) is 80.6 Å². The Morgan fingerprint density at radius 2 is 1.89 bits per heavy atom. The number of halogens is 1. The van der Waals surface area contributed by atoms with Crippen LogP contribution < -0.4 is 15.4 Å². The number of benzene rings is 2. The molecule has 0 radical (unpaired) electrons. The normalized spacial score (nSPS) is 10.3. The molecule has 2 N–H and O–H groups in total. The Morgan fingerprint density at radius 1 is 1.04 bits per heavy atom. The average Bonchev–Trinajstić information content (AvgIpc) is 3.22. The summed E-state index contributed by atoms with van der Waals surface area (Å²) in [6.45, 7) is 0.212. The van der Waals surface area contributed by atoms with E-state index in [0.717, 1.165) is 5.56 Å². The molecule has 1 aromatic heterocycles. The quantitative estimate of drug-likeness (QED) is 0.626. The van der Waals surface area contributed by atoms with E-state index in [4.69, 9.17) is 9.15 Å². The van der Waals surface area contributed by atoms with Crippen molar-refractivity contribution in [2.75, 3.05) is 18.5 Å². The van der Waals surface area contributed by atoms with Crippen molar-refractivity contribution in [3.8, 4) is 5.75 Å². The van der Waals surface area contributed by atoms with Gasteiger partial charge in [0.25, 0.3) is 11.8 Å². The first-order chi connectivity index (χ1) is 13.6. The number of carbonyl (C=O) groups excluding carboxylic acids is 2. The number of ether oxygens (including phenoxy) is 1. The van der Waals surface area contributed by atoms with Gasteiger partial charge in [-0.25, -0.2) is 4.39 Å². The van der Waals surface area contributed by atoms with E-state index in [2.05, 4.69) is 10.6 Å². The van der Waals surface area contributed by atoms with Crippen LogP contribution in [-0.2, 0) is 11.2 Å². The van der Waals surface area contributed by atoms with Gasteiger partial charge >= 0.3 is 0 Å². The van der Waals surface area contributed by atoms with Gasteiger partial charge in [-0.2, -0.15) is 0 Å². The number of anilines is 1. The predicted octanol–water partition coefficient (Wildman–Crippen LogP) is 3.41. The molecule has 0 bridgehead atoms. The van der Waals surface area contributed by atoms with Crippen LogP contribution in [0.4, 0.5) is 10.1 Å². The second-order valence-corrected chi connectivity index (χ2v) is 5.98. The van der Waals surface area contributed by atoms with Gasteiger partial charge in [-0.05, 0) is 48.4 Å². The molecule has 0 atom stereocenters. The summed E-state index contributed by atoms with van der Waals surface area (Å²) in [7, 11) is 0. The number of furan rings is 1. The van der Waals surface area contributed by atoms with Crippen molar-refractivity contribution in [1.29, 1.82) is 0 Å². The van der Waals surface area contributed by atoms with Crippen molar-refractivity contribution in [3.05, 3.63) is 84.1 Å². The van der Waals surface area contributed by atoms with Gasteiger partial charge in [0.05, 0.1) is 6.26 Å². The van der Waals surface area contributed by atoms with E-state index in [0.29, 0.717) is 24.4 Å². The largest absolute Gasteiger partial charge is 0.484 e. The van der Waals surface area contributed by atoms with Crippen LogP contribution >= 0.6 is 0 Å². The predicted molar refractivity (Wildman–Crippen MR) is 102 cm³/mol. The summed E-state index contributed by atoms with van der Waals surface area (Å²) in [6, 6.07) is 16.1. The van der Waals surface area contributed by atoms with Crippen molar-refractivity contribution >= 4 is 17.5 Å². The molecule has 0 aliphatic carbocycles. The van der Waals surface area contributed by atoms with Crippen molar-refractivity contribution in [2.45, 2.75) is 6.42 Å². The Labute approximate surface area is 161 Å². The van der Waals surface area contributed by atoms with E-state index in [-0.39, 0.29) is 30.0 Å². The minimum atomic E-state index is -0.378. The van der Waals surface area contributed by atoms with E-state index >= 15 is 0 Å². The highest BCUT2D eigenvalue weighted by molar-refractivity contribution is 6.02. The molecule has 0 fully saturated rings. The summed E-state index contributed by atoms with van der Waals surface area (Å²) in [6.07, 6.45) is 1.94. The Balaban J connectivity index is 1.43. The van der Waals surface area contributed by atoms with E-state index in [9.17, 15) is 14.0 Å². The fourth-order valence-corrected chi connectivity index (χ4v) is 2.50. The van der Waals surface area contributed by atoms with E-state index in [1.165, 1.54) is 18.4 Å². The summed E-state index contributed by atoms with van der Waals surface area (Å²) in [5.41, 5.74) is 1.33. The first kappa shape index (κ1) is 19.2. The van der Waals surface area contributed by atoms with E-state index < -0.39 is 0 Å². The molecule has 0 aliphatic rings. The zero-order valence-corrected chi connectivity index (χ0v) is 15.0. The van der Waals surface area contributed by atoms with Gasteiger partial charge in [0.1, 0.15) is 11.6 Å². The summed E-state index contributed by atoms with van der Waals surface area (Å²) in [4.78, 5) is 23.9. The number of nitrogens with one attached hydrogen (secondary N) is 2. The molecule has 0 aliphatic heterocycles. The summed E-state index contributed by atoms with van der Waals surface area (Å²) < 4.78 is 23.6. The average molecular weight is 382 g/mol. The lowest BCUT2D eigenvalue weighted by Crippen LogP contribution is -2.30. The fraction of sp³-hybridized carbons (Fsp3) is 0.143. The molecule has 7 heteroatoms. The molecule has 0 saturated carbocycles. The number of amides is 2. The highest BCUT2D eigenvalue weighted by Gasteiger charge is 2.09. The molecular formula is C21H19FN2O4. The number of hydrogen-bond acceptors (Lipinski definition) is 4. The van der Waals surface area contributed by atoms with Gasteiger partial charge in [-0.15, -0.1) is 0 Å². The minimum absolute atomic E-state index is 0.168. The molecule has 3 rings (SSSR count). The van der Waals surface area contributed by atoms with Crippen molar-refractivity contribution in [2.24, 2.45) is 0 Å². The van der Waals surface area contributed by atoms with Gasteiger partial charge in [-0.3, -0.25) is 9.59 Å². The maximum Gasteiger partial charge on any atom is 0.291 e. The zero-order chi connectivity index (χ0) is 19.8.